The summed E-state index contributed by atoms with van der Waals surface area (Å²) in [6.45, 7) is 2.42. The third-order valence-electron chi connectivity index (χ3n) is 3.28. The number of rotatable bonds is 7. The second kappa shape index (κ2) is 8.70. The molecule has 1 aromatic heterocycles. The number of methoxy groups -OCH3 is 1. The van der Waals surface area contributed by atoms with Gasteiger partial charge in [-0.2, -0.15) is 0 Å². The van der Waals surface area contributed by atoms with Crippen LogP contribution < -0.4 is 10.1 Å². The van der Waals surface area contributed by atoms with Crippen molar-refractivity contribution in [2.45, 2.75) is 13.3 Å². The maximum atomic E-state index is 12.5. The standard InChI is InChI=1S/C17H19ClN2O3S/c1-3-10-20(17(22)14-8-9-15(18)24-14)11-16(21)19-12-6-4-5-7-13(12)23-2/h4-9H,3,10-11H2,1-2H3,(H,19,21). The Morgan fingerprint density at radius 3 is 2.62 bits per heavy atom. The highest BCUT2D eigenvalue weighted by atomic mass is 35.5. The fourth-order valence-corrected chi connectivity index (χ4v) is 3.23. The first-order valence-electron chi connectivity index (χ1n) is 7.52. The lowest BCUT2D eigenvalue weighted by atomic mass is 10.3. The van der Waals surface area contributed by atoms with Gasteiger partial charge in [-0.25, -0.2) is 0 Å². The maximum absolute atomic E-state index is 12.5. The molecule has 2 amide bonds. The van der Waals surface area contributed by atoms with Gasteiger partial charge in [-0.3, -0.25) is 9.59 Å². The summed E-state index contributed by atoms with van der Waals surface area (Å²) in [6, 6.07) is 10.5. The van der Waals surface area contributed by atoms with Crippen LogP contribution in [0.15, 0.2) is 36.4 Å². The van der Waals surface area contributed by atoms with Gasteiger partial charge in [0.1, 0.15) is 12.3 Å². The molecule has 0 atom stereocenters. The molecule has 24 heavy (non-hydrogen) atoms. The van der Waals surface area contributed by atoms with E-state index in [1.807, 2.05) is 13.0 Å². The molecule has 1 aromatic carbocycles. The molecule has 0 spiro atoms. The van der Waals surface area contributed by atoms with E-state index in [-0.39, 0.29) is 18.4 Å². The molecule has 0 aliphatic rings. The van der Waals surface area contributed by atoms with Crippen LogP contribution in [0.5, 0.6) is 5.75 Å². The number of hydrogen-bond donors (Lipinski definition) is 1. The van der Waals surface area contributed by atoms with Crippen molar-refractivity contribution in [3.63, 3.8) is 0 Å². The van der Waals surface area contributed by atoms with E-state index in [0.717, 1.165) is 6.42 Å². The van der Waals surface area contributed by atoms with Gasteiger partial charge in [-0.15, -0.1) is 11.3 Å². The number of benzene rings is 1. The summed E-state index contributed by atoms with van der Waals surface area (Å²) < 4.78 is 5.76. The maximum Gasteiger partial charge on any atom is 0.264 e. The molecule has 2 aromatic rings. The van der Waals surface area contributed by atoms with E-state index in [2.05, 4.69) is 5.32 Å². The molecule has 1 N–H and O–H groups in total. The summed E-state index contributed by atoms with van der Waals surface area (Å²) in [6.07, 6.45) is 0.757. The number of halogens is 1. The van der Waals surface area contributed by atoms with E-state index >= 15 is 0 Å². The highest BCUT2D eigenvalue weighted by Crippen LogP contribution is 2.24. The van der Waals surface area contributed by atoms with Crippen molar-refractivity contribution < 1.29 is 14.3 Å². The lowest BCUT2D eigenvalue weighted by Crippen LogP contribution is -2.38. The van der Waals surface area contributed by atoms with Crippen molar-refractivity contribution in [3.05, 3.63) is 45.6 Å². The van der Waals surface area contributed by atoms with Gasteiger partial charge >= 0.3 is 0 Å². The number of carbonyl (C=O) groups excluding carboxylic acids is 2. The smallest absolute Gasteiger partial charge is 0.264 e. The molecule has 0 radical (unpaired) electrons. The molecule has 0 aliphatic carbocycles. The van der Waals surface area contributed by atoms with Gasteiger partial charge in [0.2, 0.25) is 5.91 Å². The first-order chi connectivity index (χ1) is 11.5. The first kappa shape index (κ1) is 18.3. The van der Waals surface area contributed by atoms with Crippen LogP contribution in [-0.4, -0.2) is 36.9 Å². The minimum Gasteiger partial charge on any atom is -0.495 e. The van der Waals surface area contributed by atoms with Gasteiger partial charge in [-0.1, -0.05) is 30.7 Å². The third-order valence-corrected chi connectivity index (χ3v) is 4.50. The molecule has 1 heterocycles. The van der Waals surface area contributed by atoms with Crippen molar-refractivity contribution in [2.75, 3.05) is 25.5 Å². The Bertz CT molecular complexity index is 717. The quantitative estimate of drug-likeness (QED) is 0.808. The predicted octanol–water partition coefficient (Wildman–Crippen LogP) is 3.90. The predicted molar refractivity (Wildman–Crippen MR) is 97.1 cm³/mol. The molecule has 5 nitrogen and oxygen atoms in total. The van der Waals surface area contributed by atoms with E-state index in [4.69, 9.17) is 16.3 Å². The van der Waals surface area contributed by atoms with Crippen molar-refractivity contribution in [1.82, 2.24) is 4.90 Å². The molecule has 0 saturated carbocycles. The fourth-order valence-electron chi connectivity index (χ4n) is 2.22. The van der Waals surface area contributed by atoms with Gasteiger partial charge in [-0.05, 0) is 30.7 Å². The van der Waals surface area contributed by atoms with Crippen LogP contribution in [0.25, 0.3) is 0 Å². The van der Waals surface area contributed by atoms with E-state index in [1.165, 1.54) is 16.2 Å². The second-order valence-corrected chi connectivity index (χ2v) is 6.79. The molecule has 0 fully saturated rings. The normalized spacial score (nSPS) is 10.3. The zero-order chi connectivity index (χ0) is 17.5. The first-order valence-corrected chi connectivity index (χ1v) is 8.72. The third kappa shape index (κ3) is 4.72. The Morgan fingerprint density at radius 2 is 2.00 bits per heavy atom. The van der Waals surface area contributed by atoms with Gasteiger partial charge in [0.15, 0.2) is 0 Å². The average molecular weight is 367 g/mol. The highest BCUT2D eigenvalue weighted by Gasteiger charge is 2.20. The van der Waals surface area contributed by atoms with Crippen LogP contribution in [0.3, 0.4) is 0 Å². The number of anilines is 1. The summed E-state index contributed by atoms with van der Waals surface area (Å²) in [5.74, 6) is 0.108. The largest absolute Gasteiger partial charge is 0.495 e. The minimum atomic E-state index is -0.274. The van der Waals surface area contributed by atoms with Crippen LogP contribution in [0.1, 0.15) is 23.0 Å². The number of para-hydroxylation sites is 2. The Balaban J connectivity index is 2.06. The van der Waals surface area contributed by atoms with Gasteiger partial charge < -0.3 is 15.0 Å². The van der Waals surface area contributed by atoms with E-state index < -0.39 is 0 Å². The van der Waals surface area contributed by atoms with Crippen LogP contribution in [0.2, 0.25) is 4.34 Å². The zero-order valence-electron chi connectivity index (χ0n) is 13.5. The molecular weight excluding hydrogens is 348 g/mol. The van der Waals surface area contributed by atoms with Crippen LogP contribution >= 0.6 is 22.9 Å². The molecular formula is C17H19ClN2O3S. The number of ether oxygens (including phenoxy) is 1. The molecule has 2 rings (SSSR count). The summed E-state index contributed by atoms with van der Waals surface area (Å²) in [5.41, 5.74) is 0.577. The molecule has 0 aliphatic heterocycles. The summed E-state index contributed by atoms with van der Waals surface area (Å²) in [4.78, 5) is 26.9. The number of nitrogens with zero attached hydrogens (tertiary/aromatic N) is 1. The Morgan fingerprint density at radius 1 is 1.25 bits per heavy atom. The molecule has 0 bridgehead atoms. The van der Waals surface area contributed by atoms with Gasteiger partial charge in [0.05, 0.1) is 22.0 Å². The van der Waals surface area contributed by atoms with Crippen LogP contribution in [0, 0.1) is 0 Å². The number of thiophene rings is 1. The lowest BCUT2D eigenvalue weighted by Gasteiger charge is -2.21. The zero-order valence-corrected chi connectivity index (χ0v) is 15.1. The lowest BCUT2D eigenvalue weighted by molar-refractivity contribution is -0.116. The Kier molecular flexibility index (Phi) is 6.63. The van der Waals surface area contributed by atoms with Gasteiger partial charge in [0.25, 0.3) is 5.91 Å². The summed E-state index contributed by atoms with van der Waals surface area (Å²) in [5, 5.41) is 2.78. The Hall–Kier alpha value is -2.05. The second-order valence-electron chi connectivity index (χ2n) is 5.08. The van der Waals surface area contributed by atoms with Gasteiger partial charge in [0, 0.05) is 6.54 Å². The topological polar surface area (TPSA) is 58.6 Å². The number of carbonyl (C=O) groups is 2. The average Bonchev–Trinajstić information content (AvgIpc) is 3.00. The Labute approximate surface area is 150 Å². The van der Waals surface area contributed by atoms with E-state index in [1.54, 1.807) is 37.4 Å². The number of hydrogen-bond acceptors (Lipinski definition) is 4. The van der Waals surface area contributed by atoms with E-state index in [9.17, 15) is 9.59 Å². The van der Waals surface area contributed by atoms with Crippen LogP contribution in [0.4, 0.5) is 5.69 Å². The van der Waals surface area contributed by atoms with Crippen molar-refractivity contribution in [3.8, 4) is 5.75 Å². The highest BCUT2D eigenvalue weighted by molar-refractivity contribution is 7.17. The summed E-state index contributed by atoms with van der Waals surface area (Å²) >= 11 is 7.10. The molecule has 128 valence electrons. The summed E-state index contributed by atoms with van der Waals surface area (Å²) in [7, 11) is 1.54. The SMILES string of the molecule is CCCN(CC(=O)Nc1ccccc1OC)C(=O)c1ccc(Cl)s1. The molecule has 0 unspecified atom stereocenters. The van der Waals surface area contributed by atoms with E-state index in [0.29, 0.717) is 27.2 Å². The number of nitrogens with one attached hydrogen (secondary N) is 1. The molecule has 0 saturated heterocycles. The monoisotopic (exact) mass is 366 g/mol. The van der Waals surface area contributed by atoms with Crippen LogP contribution in [-0.2, 0) is 4.79 Å². The fraction of sp³-hybridized carbons (Fsp3) is 0.294. The van der Waals surface area contributed by atoms with Crippen molar-refractivity contribution in [2.24, 2.45) is 0 Å². The molecule has 7 heteroatoms. The minimum absolute atomic E-state index is 0.0275. The van der Waals surface area contributed by atoms with Crippen molar-refractivity contribution in [1.29, 1.82) is 0 Å². The van der Waals surface area contributed by atoms with Crippen molar-refractivity contribution >= 4 is 40.4 Å². The number of amides is 2.